The number of hydrogen-bond acceptors (Lipinski definition) is 0. The smallest absolute Gasteiger partial charge is 0.0383 e. The van der Waals surface area contributed by atoms with Crippen LogP contribution < -0.4 is 0 Å². The standard InChI is InChI=1S/C20H38/c1-3-5-11-20(18-14-8-9-15-18)16-19(10-4-2)17-12-6-7-13-17/h17-20H,3-16H2,1-2H3. The van der Waals surface area contributed by atoms with Crippen LogP contribution in [0.2, 0.25) is 0 Å². The van der Waals surface area contributed by atoms with Crippen LogP contribution in [0.1, 0.15) is 104 Å². The van der Waals surface area contributed by atoms with Gasteiger partial charge in [0.05, 0.1) is 0 Å². The molecule has 2 atom stereocenters. The molecule has 2 unspecified atom stereocenters. The number of rotatable bonds is 9. The summed E-state index contributed by atoms with van der Waals surface area (Å²) in [7, 11) is 0. The molecular formula is C20H38. The summed E-state index contributed by atoms with van der Waals surface area (Å²) in [5, 5.41) is 0. The van der Waals surface area contributed by atoms with Gasteiger partial charge in [0, 0.05) is 0 Å². The summed E-state index contributed by atoms with van der Waals surface area (Å²) >= 11 is 0. The van der Waals surface area contributed by atoms with Crippen molar-refractivity contribution < 1.29 is 0 Å². The molecular weight excluding hydrogens is 240 g/mol. The van der Waals surface area contributed by atoms with Crippen molar-refractivity contribution in [1.29, 1.82) is 0 Å². The molecule has 20 heavy (non-hydrogen) atoms. The molecule has 2 fully saturated rings. The van der Waals surface area contributed by atoms with Crippen LogP contribution in [-0.2, 0) is 0 Å². The van der Waals surface area contributed by atoms with Gasteiger partial charge in [-0.1, -0.05) is 97.3 Å². The monoisotopic (exact) mass is 278 g/mol. The van der Waals surface area contributed by atoms with Gasteiger partial charge in [-0.05, 0) is 30.1 Å². The van der Waals surface area contributed by atoms with Crippen molar-refractivity contribution in [2.45, 2.75) is 104 Å². The van der Waals surface area contributed by atoms with E-state index >= 15 is 0 Å². The minimum absolute atomic E-state index is 1.07. The lowest BCUT2D eigenvalue weighted by Gasteiger charge is -2.31. The SMILES string of the molecule is CCCCC(CC(CCC)C1CCCC1)C1CCCC1. The summed E-state index contributed by atoms with van der Waals surface area (Å²) in [6, 6.07) is 0. The van der Waals surface area contributed by atoms with Crippen molar-refractivity contribution in [3.63, 3.8) is 0 Å². The molecule has 0 bridgehead atoms. The molecule has 2 rings (SSSR count). The van der Waals surface area contributed by atoms with Crippen molar-refractivity contribution in [3.8, 4) is 0 Å². The maximum atomic E-state index is 2.40. The van der Waals surface area contributed by atoms with Gasteiger partial charge in [0.1, 0.15) is 0 Å². The molecule has 0 N–H and O–H groups in total. The molecule has 2 aliphatic rings. The predicted molar refractivity (Wildman–Crippen MR) is 89.9 cm³/mol. The highest BCUT2D eigenvalue weighted by molar-refractivity contribution is 4.82. The van der Waals surface area contributed by atoms with Gasteiger partial charge in [-0.3, -0.25) is 0 Å². The molecule has 0 aromatic rings. The van der Waals surface area contributed by atoms with Gasteiger partial charge < -0.3 is 0 Å². The second-order valence-corrected chi connectivity index (χ2v) is 7.78. The highest BCUT2D eigenvalue weighted by Crippen LogP contribution is 2.43. The molecule has 0 radical (unpaired) electrons. The maximum Gasteiger partial charge on any atom is -0.0383 e. The predicted octanol–water partition coefficient (Wildman–Crippen LogP) is 6.98. The van der Waals surface area contributed by atoms with Crippen LogP contribution in [0.3, 0.4) is 0 Å². The molecule has 0 heteroatoms. The molecule has 0 nitrogen and oxygen atoms in total. The van der Waals surface area contributed by atoms with Crippen molar-refractivity contribution in [3.05, 3.63) is 0 Å². The Morgan fingerprint density at radius 1 is 0.700 bits per heavy atom. The molecule has 2 saturated carbocycles. The molecule has 0 spiro atoms. The zero-order valence-corrected chi connectivity index (χ0v) is 14.2. The van der Waals surface area contributed by atoms with E-state index < -0.39 is 0 Å². The van der Waals surface area contributed by atoms with Crippen LogP contribution in [-0.4, -0.2) is 0 Å². The topological polar surface area (TPSA) is 0 Å². The van der Waals surface area contributed by atoms with Crippen molar-refractivity contribution in [2.24, 2.45) is 23.7 Å². The van der Waals surface area contributed by atoms with Crippen LogP contribution in [0.15, 0.2) is 0 Å². The Labute approximate surface area is 128 Å². The Kier molecular flexibility index (Phi) is 7.45. The second-order valence-electron chi connectivity index (χ2n) is 7.78. The lowest BCUT2D eigenvalue weighted by atomic mass is 9.74. The van der Waals surface area contributed by atoms with E-state index in [0.717, 1.165) is 23.7 Å². The maximum absolute atomic E-state index is 2.40. The molecule has 0 aliphatic heterocycles. The average molecular weight is 279 g/mol. The van der Waals surface area contributed by atoms with Crippen LogP contribution in [0.4, 0.5) is 0 Å². The quantitative estimate of drug-likeness (QED) is 0.427. The van der Waals surface area contributed by atoms with Crippen molar-refractivity contribution in [2.75, 3.05) is 0 Å². The Morgan fingerprint density at radius 2 is 1.20 bits per heavy atom. The first-order chi connectivity index (χ1) is 9.85. The molecule has 0 saturated heterocycles. The first kappa shape index (κ1) is 16.4. The van der Waals surface area contributed by atoms with E-state index in [4.69, 9.17) is 0 Å². The van der Waals surface area contributed by atoms with Crippen molar-refractivity contribution in [1.82, 2.24) is 0 Å². The lowest BCUT2D eigenvalue weighted by Crippen LogP contribution is -2.21. The van der Waals surface area contributed by atoms with Crippen LogP contribution >= 0.6 is 0 Å². The molecule has 0 aromatic carbocycles. The lowest BCUT2D eigenvalue weighted by molar-refractivity contribution is 0.195. The van der Waals surface area contributed by atoms with Gasteiger partial charge in [0.2, 0.25) is 0 Å². The largest absolute Gasteiger partial charge is 0.0654 e. The first-order valence-corrected chi connectivity index (χ1v) is 9.85. The minimum atomic E-state index is 1.07. The summed E-state index contributed by atoms with van der Waals surface area (Å²) in [5.74, 6) is 4.35. The Balaban J connectivity index is 1.90. The summed E-state index contributed by atoms with van der Waals surface area (Å²) in [5.41, 5.74) is 0. The third-order valence-electron chi connectivity index (χ3n) is 6.33. The Hall–Kier alpha value is 0. The van der Waals surface area contributed by atoms with E-state index in [1.54, 1.807) is 32.1 Å². The molecule has 118 valence electrons. The minimum Gasteiger partial charge on any atom is -0.0654 e. The molecule has 0 heterocycles. The third-order valence-corrected chi connectivity index (χ3v) is 6.33. The van der Waals surface area contributed by atoms with Gasteiger partial charge in [-0.15, -0.1) is 0 Å². The molecule has 0 aromatic heterocycles. The van der Waals surface area contributed by atoms with Crippen LogP contribution in [0.5, 0.6) is 0 Å². The van der Waals surface area contributed by atoms with E-state index in [2.05, 4.69) is 13.8 Å². The fraction of sp³-hybridized carbons (Fsp3) is 1.00. The van der Waals surface area contributed by atoms with Crippen molar-refractivity contribution >= 4 is 0 Å². The summed E-state index contributed by atoms with van der Waals surface area (Å²) in [4.78, 5) is 0. The zero-order chi connectivity index (χ0) is 14.2. The summed E-state index contributed by atoms with van der Waals surface area (Å²) in [6.07, 6.45) is 21.2. The zero-order valence-electron chi connectivity index (χ0n) is 14.2. The number of unbranched alkanes of at least 4 members (excludes halogenated alkanes) is 1. The summed E-state index contributed by atoms with van der Waals surface area (Å²) in [6.45, 7) is 4.77. The van der Waals surface area contributed by atoms with Gasteiger partial charge in [-0.25, -0.2) is 0 Å². The van der Waals surface area contributed by atoms with Gasteiger partial charge >= 0.3 is 0 Å². The third kappa shape index (κ3) is 4.78. The van der Waals surface area contributed by atoms with Gasteiger partial charge in [0.15, 0.2) is 0 Å². The van der Waals surface area contributed by atoms with Crippen LogP contribution in [0, 0.1) is 23.7 Å². The number of hydrogen-bond donors (Lipinski definition) is 0. The normalized spacial score (nSPS) is 24.3. The average Bonchev–Trinajstić information content (AvgIpc) is 3.14. The van der Waals surface area contributed by atoms with E-state index in [1.807, 2.05) is 0 Å². The fourth-order valence-electron chi connectivity index (χ4n) is 5.18. The van der Waals surface area contributed by atoms with Crippen LogP contribution in [0.25, 0.3) is 0 Å². The van der Waals surface area contributed by atoms with E-state index in [9.17, 15) is 0 Å². The Bertz CT molecular complexity index is 232. The summed E-state index contributed by atoms with van der Waals surface area (Å²) < 4.78 is 0. The van der Waals surface area contributed by atoms with E-state index in [0.29, 0.717) is 0 Å². The molecule has 2 aliphatic carbocycles. The van der Waals surface area contributed by atoms with Gasteiger partial charge in [0.25, 0.3) is 0 Å². The molecule has 0 amide bonds. The highest BCUT2D eigenvalue weighted by atomic mass is 14.4. The van der Waals surface area contributed by atoms with E-state index in [-0.39, 0.29) is 0 Å². The first-order valence-electron chi connectivity index (χ1n) is 9.85. The second kappa shape index (κ2) is 9.11. The van der Waals surface area contributed by atoms with E-state index in [1.165, 1.54) is 57.8 Å². The fourth-order valence-corrected chi connectivity index (χ4v) is 5.18. The highest BCUT2D eigenvalue weighted by Gasteiger charge is 2.31. The Morgan fingerprint density at radius 3 is 1.65 bits per heavy atom. The van der Waals surface area contributed by atoms with Gasteiger partial charge in [-0.2, -0.15) is 0 Å².